The summed E-state index contributed by atoms with van der Waals surface area (Å²) in [7, 11) is 0. The minimum absolute atomic E-state index is 0.568. The van der Waals surface area contributed by atoms with Crippen LogP contribution in [0.3, 0.4) is 0 Å². The molecule has 5 nitrogen and oxygen atoms in total. The van der Waals surface area contributed by atoms with Crippen molar-refractivity contribution in [3.8, 4) is 0 Å². The van der Waals surface area contributed by atoms with Crippen LogP contribution in [0.5, 0.6) is 0 Å². The number of fused-ring (bicyclic) bond motifs is 1. The normalized spacial score (nSPS) is 18.4. The molecule has 0 radical (unpaired) electrons. The smallest absolute Gasteiger partial charge is 0.475 e. The van der Waals surface area contributed by atoms with E-state index in [2.05, 4.69) is 46.4 Å². The van der Waals surface area contributed by atoms with E-state index >= 15 is 0 Å². The molecule has 0 spiro atoms. The van der Waals surface area contributed by atoms with Crippen molar-refractivity contribution in [3.05, 3.63) is 30.5 Å². The molecular weight excluding hydrogens is 311 g/mol. The van der Waals surface area contributed by atoms with E-state index < -0.39 is 12.1 Å². The number of aliphatic carboxylic acids is 1. The van der Waals surface area contributed by atoms with Crippen molar-refractivity contribution in [1.29, 1.82) is 0 Å². The third kappa shape index (κ3) is 4.38. The van der Waals surface area contributed by atoms with Crippen molar-refractivity contribution in [1.82, 2.24) is 10.3 Å². The van der Waals surface area contributed by atoms with Crippen LogP contribution in [0.4, 0.5) is 18.9 Å². The third-order valence-electron chi connectivity index (χ3n) is 3.52. The largest absolute Gasteiger partial charge is 0.490 e. The molecule has 1 atom stereocenters. The number of nitrogens with one attached hydrogen (secondary N) is 2. The molecule has 1 aromatic heterocycles. The van der Waals surface area contributed by atoms with Crippen molar-refractivity contribution in [3.63, 3.8) is 0 Å². The number of hydrogen-bond donors (Lipinski definition) is 3. The van der Waals surface area contributed by atoms with Gasteiger partial charge in [-0.05, 0) is 19.1 Å². The fraction of sp³-hybridized carbons (Fsp3) is 0.400. The number of aromatic nitrogens is 1. The summed E-state index contributed by atoms with van der Waals surface area (Å²) in [5.74, 6) is -2.76. The molecule has 2 aromatic rings. The number of halogens is 3. The zero-order valence-corrected chi connectivity index (χ0v) is 12.5. The SMILES string of the molecule is C[C@H]1CN(c2cccc3cc[nH]c23)CCN1.O=C(O)C(F)(F)F. The van der Waals surface area contributed by atoms with Crippen LogP contribution in [0.1, 0.15) is 6.92 Å². The first-order chi connectivity index (χ1) is 10.8. The van der Waals surface area contributed by atoms with Gasteiger partial charge in [-0.25, -0.2) is 4.79 Å². The Kier molecular flexibility index (Phi) is 5.15. The molecule has 0 aliphatic carbocycles. The van der Waals surface area contributed by atoms with Gasteiger partial charge in [0.1, 0.15) is 0 Å². The number of alkyl halides is 3. The third-order valence-corrected chi connectivity index (χ3v) is 3.52. The van der Waals surface area contributed by atoms with E-state index in [1.54, 1.807) is 0 Å². The number of hydrogen-bond acceptors (Lipinski definition) is 3. The lowest BCUT2D eigenvalue weighted by atomic mass is 10.1. The van der Waals surface area contributed by atoms with Gasteiger partial charge in [0.25, 0.3) is 0 Å². The Balaban J connectivity index is 0.000000236. The average Bonchev–Trinajstić information content (AvgIpc) is 2.95. The van der Waals surface area contributed by atoms with Gasteiger partial charge in [0.2, 0.25) is 0 Å². The molecule has 1 aliphatic rings. The number of para-hydroxylation sites is 1. The van der Waals surface area contributed by atoms with Crippen molar-refractivity contribution >= 4 is 22.6 Å². The first-order valence-corrected chi connectivity index (χ1v) is 7.13. The van der Waals surface area contributed by atoms with Gasteiger partial charge in [-0.3, -0.25) is 0 Å². The van der Waals surface area contributed by atoms with E-state index in [0.717, 1.165) is 19.6 Å². The molecule has 1 aromatic carbocycles. The Labute approximate surface area is 131 Å². The van der Waals surface area contributed by atoms with E-state index in [1.165, 1.54) is 16.6 Å². The summed E-state index contributed by atoms with van der Waals surface area (Å²) in [5.41, 5.74) is 2.59. The van der Waals surface area contributed by atoms with E-state index in [9.17, 15) is 13.2 Å². The van der Waals surface area contributed by atoms with Gasteiger partial charge in [0.15, 0.2) is 0 Å². The van der Waals surface area contributed by atoms with E-state index in [4.69, 9.17) is 9.90 Å². The highest BCUT2D eigenvalue weighted by molar-refractivity contribution is 5.91. The standard InChI is InChI=1S/C13H17N3.C2HF3O2/c1-10-9-16(8-7-14-10)12-4-2-3-11-5-6-15-13(11)12;3-2(4,5)1(6)7/h2-6,10,14-15H,7-9H2,1H3;(H,6,7)/t10-;/m0./s1. The molecule has 1 fully saturated rings. The minimum Gasteiger partial charge on any atom is -0.475 e. The second-order valence-electron chi connectivity index (χ2n) is 5.32. The molecule has 0 saturated carbocycles. The van der Waals surface area contributed by atoms with E-state index in [1.807, 2.05) is 6.20 Å². The second kappa shape index (κ2) is 6.91. The zero-order chi connectivity index (χ0) is 17.0. The van der Waals surface area contributed by atoms with Crippen LogP contribution in [0.25, 0.3) is 10.9 Å². The highest BCUT2D eigenvalue weighted by Gasteiger charge is 2.38. The molecule has 0 unspecified atom stereocenters. The lowest BCUT2D eigenvalue weighted by Gasteiger charge is -2.33. The Bertz CT molecular complexity index is 669. The number of piperazine rings is 1. The number of aromatic amines is 1. The van der Waals surface area contributed by atoms with Crippen LogP contribution in [0, 0.1) is 0 Å². The summed E-state index contributed by atoms with van der Waals surface area (Å²) >= 11 is 0. The highest BCUT2D eigenvalue weighted by Crippen LogP contribution is 2.26. The van der Waals surface area contributed by atoms with Gasteiger partial charge in [0, 0.05) is 37.3 Å². The van der Waals surface area contributed by atoms with Crippen molar-refractivity contribution in [2.24, 2.45) is 0 Å². The molecule has 23 heavy (non-hydrogen) atoms. The Morgan fingerprint density at radius 2 is 2.04 bits per heavy atom. The second-order valence-corrected chi connectivity index (χ2v) is 5.32. The lowest BCUT2D eigenvalue weighted by molar-refractivity contribution is -0.192. The molecule has 3 N–H and O–H groups in total. The lowest BCUT2D eigenvalue weighted by Crippen LogP contribution is -2.49. The average molecular weight is 329 g/mol. The summed E-state index contributed by atoms with van der Waals surface area (Å²) in [6.45, 7) is 5.47. The van der Waals surface area contributed by atoms with Gasteiger partial charge < -0.3 is 20.3 Å². The summed E-state index contributed by atoms with van der Waals surface area (Å²) < 4.78 is 31.7. The highest BCUT2D eigenvalue weighted by atomic mass is 19.4. The van der Waals surface area contributed by atoms with Crippen LogP contribution in [0.15, 0.2) is 30.5 Å². The summed E-state index contributed by atoms with van der Waals surface area (Å²) in [6, 6.07) is 9.19. The number of H-pyrrole nitrogens is 1. The Morgan fingerprint density at radius 1 is 1.35 bits per heavy atom. The number of rotatable bonds is 1. The van der Waals surface area contributed by atoms with Crippen LogP contribution >= 0.6 is 0 Å². The first kappa shape index (κ1) is 17.1. The zero-order valence-electron chi connectivity index (χ0n) is 12.5. The fourth-order valence-electron chi connectivity index (χ4n) is 2.48. The molecule has 1 aliphatic heterocycles. The quantitative estimate of drug-likeness (QED) is 0.752. The van der Waals surface area contributed by atoms with Crippen molar-refractivity contribution in [2.75, 3.05) is 24.5 Å². The number of benzene rings is 1. The maximum absolute atomic E-state index is 10.6. The van der Waals surface area contributed by atoms with Gasteiger partial charge in [-0.15, -0.1) is 0 Å². The number of carboxylic acid groups (broad SMARTS) is 1. The summed E-state index contributed by atoms with van der Waals surface area (Å²) in [5, 5.41) is 11.9. The molecule has 126 valence electrons. The van der Waals surface area contributed by atoms with Crippen LogP contribution in [0.2, 0.25) is 0 Å². The molecule has 1 saturated heterocycles. The Morgan fingerprint density at radius 3 is 2.65 bits per heavy atom. The monoisotopic (exact) mass is 329 g/mol. The van der Waals surface area contributed by atoms with Crippen LogP contribution < -0.4 is 10.2 Å². The van der Waals surface area contributed by atoms with Crippen LogP contribution in [-0.4, -0.2) is 47.9 Å². The van der Waals surface area contributed by atoms with Gasteiger partial charge in [0.05, 0.1) is 11.2 Å². The topological polar surface area (TPSA) is 68.4 Å². The van der Waals surface area contributed by atoms with E-state index in [0.29, 0.717) is 6.04 Å². The van der Waals surface area contributed by atoms with Crippen molar-refractivity contribution < 1.29 is 23.1 Å². The molecule has 3 rings (SSSR count). The number of carboxylic acids is 1. The van der Waals surface area contributed by atoms with Gasteiger partial charge >= 0.3 is 12.1 Å². The molecule has 0 bridgehead atoms. The molecular formula is C15H18F3N3O2. The Hall–Kier alpha value is -2.22. The number of nitrogens with zero attached hydrogens (tertiary/aromatic N) is 1. The predicted molar refractivity (Wildman–Crippen MR) is 81.7 cm³/mol. The predicted octanol–water partition coefficient (Wildman–Crippen LogP) is 2.60. The van der Waals surface area contributed by atoms with Gasteiger partial charge in [-0.1, -0.05) is 12.1 Å². The maximum atomic E-state index is 10.6. The summed E-state index contributed by atoms with van der Waals surface area (Å²) in [4.78, 5) is 14.7. The van der Waals surface area contributed by atoms with Gasteiger partial charge in [-0.2, -0.15) is 13.2 Å². The molecule has 0 amide bonds. The molecule has 2 heterocycles. The first-order valence-electron chi connectivity index (χ1n) is 7.13. The number of carbonyl (C=O) groups is 1. The maximum Gasteiger partial charge on any atom is 0.490 e. The molecule has 8 heteroatoms. The van der Waals surface area contributed by atoms with E-state index in [-0.39, 0.29) is 0 Å². The summed E-state index contributed by atoms with van der Waals surface area (Å²) in [6.07, 6.45) is -3.07. The number of anilines is 1. The van der Waals surface area contributed by atoms with Crippen molar-refractivity contribution in [2.45, 2.75) is 19.1 Å². The van der Waals surface area contributed by atoms with Crippen LogP contribution in [-0.2, 0) is 4.79 Å². The minimum atomic E-state index is -5.08. The fourth-order valence-corrected chi connectivity index (χ4v) is 2.48.